The zero-order valence-electron chi connectivity index (χ0n) is 12.8. The number of nitrogens with zero attached hydrogens (tertiary/aromatic N) is 2. The highest BCUT2D eigenvalue weighted by Crippen LogP contribution is 2.35. The molecule has 23 heavy (non-hydrogen) atoms. The Kier molecular flexibility index (Phi) is 4.46. The third kappa shape index (κ3) is 3.01. The van der Waals surface area contributed by atoms with Crippen LogP contribution in [0.4, 0.5) is 5.82 Å². The quantitative estimate of drug-likeness (QED) is 0.683. The van der Waals surface area contributed by atoms with Crippen molar-refractivity contribution in [3.05, 3.63) is 50.8 Å². The molecule has 1 aliphatic rings. The number of anilines is 1. The van der Waals surface area contributed by atoms with Gasteiger partial charge in [-0.3, -0.25) is 9.59 Å². The molecule has 5 nitrogen and oxygen atoms in total. The summed E-state index contributed by atoms with van der Waals surface area (Å²) in [5, 5.41) is 4.05. The lowest BCUT2D eigenvalue weighted by Gasteiger charge is -2.27. The number of hydrogen-bond acceptors (Lipinski definition) is 4. The van der Waals surface area contributed by atoms with Gasteiger partial charge >= 0.3 is 0 Å². The zero-order valence-corrected chi connectivity index (χ0v) is 14.4. The molecule has 1 aromatic carbocycles. The van der Waals surface area contributed by atoms with Crippen molar-refractivity contribution in [3.8, 4) is 0 Å². The molecule has 1 N–H and O–H groups in total. The van der Waals surface area contributed by atoms with Gasteiger partial charge in [0.2, 0.25) is 5.91 Å². The number of rotatable bonds is 3. The van der Waals surface area contributed by atoms with Crippen LogP contribution in [0, 0.1) is 0 Å². The molecule has 0 unspecified atom stereocenters. The minimum absolute atomic E-state index is 0.105. The van der Waals surface area contributed by atoms with Crippen LogP contribution in [0.1, 0.15) is 30.4 Å². The molecule has 0 aliphatic carbocycles. The number of carbonyl (C=O) groups excluding carboxylic acids is 1. The summed E-state index contributed by atoms with van der Waals surface area (Å²) >= 11 is 7.40. The average molecular weight is 350 g/mol. The number of halogens is 1. The van der Waals surface area contributed by atoms with Crippen molar-refractivity contribution < 1.29 is 4.79 Å². The lowest BCUT2D eigenvalue weighted by molar-refractivity contribution is -0.116. The Morgan fingerprint density at radius 2 is 2.04 bits per heavy atom. The van der Waals surface area contributed by atoms with E-state index >= 15 is 0 Å². The van der Waals surface area contributed by atoms with Gasteiger partial charge in [0.15, 0.2) is 5.16 Å². The summed E-state index contributed by atoms with van der Waals surface area (Å²) in [6.45, 7) is 1.99. The van der Waals surface area contributed by atoms with Gasteiger partial charge in [-0.15, -0.1) is 0 Å². The molecule has 0 spiro atoms. The van der Waals surface area contributed by atoms with Crippen LogP contribution >= 0.6 is 23.4 Å². The molecular weight excluding hydrogens is 334 g/mol. The van der Waals surface area contributed by atoms with Crippen molar-refractivity contribution in [2.24, 2.45) is 7.05 Å². The van der Waals surface area contributed by atoms with Crippen LogP contribution in [-0.4, -0.2) is 21.2 Å². The van der Waals surface area contributed by atoms with Crippen molar-refractivity contribution in [2.45, 2.75) is 24.4 Å². The highest BCUT2D eigenvalue weighted by Gasteiger charge is 2.31. The van der Waals surface area contributed by atoms with Crippen LogP contribution in [0.5, 0.6) is 0 Å². The zero-order chi connectivity index (χ0) is 16.6. The Hall–Kier alpha value is -1.79. The maximum Gasteiger partial charge on any atom is 0.279 e. The minimum Gasteiger partial charge on any atom is -0.312 e. The number of amides is 1. The molecule has 0 radical (unpaired) electrons. The molecule has 0 fully saturated rings. The molecule has 2 aromatic rings. The molecule has 7 heteroatoms. The van der Waals surface area contributed by atoms with Crippen molar-refractivity contribution in [3.63, 3.8) is 0 Å². The predicted molar refractivity (Wildman–Crippen MR) is 92.4 cm³/mol. The summed E-state index contributed by atoms with van der Waals surface area (Å²) in [5.41, 5.74) is 1.14. The van der Waals surface area contributed by atoms with Crippen molar-refractivity contribution >= 4 is 35.1 Å². The largest absolute Gasteiger partial charge is 0.312 e. The molecule has 1 aliphatic heterocycles. The van der Waals surface area contributed by atoms with Crippen LogP contribution in [-0.2, 0) is 11.8 Å². The molecule has 1 aromatic heterocycles. The summed E-state index contributed by atoms with van der Waals surface area (Å²) in [6.07, 6.45) is 0.228. The highest BCUT2D eigenvalue weighted by molar-refractivity contribution is 7.99. The monoisotopic (exact) mass is 349 g/mol. The van der Waals surface area contributed by atoms with Crippen LogP contribution in [0.25, 0.3) is 0 Å². The Labute approximate surface area is 143 Å². The molecular formula is C16H16ClN3O2S. The number of aromatic nitrogens is 2. The van der Waals surface area contributed by atoms with Gasteiger partial charge in [0, 0.05) is 24.4 Å². The first-order valence-corrected chi connectivity index (χ1v) is 8.66. The van der Waals surface area contributed by atoms with Gasteiger partial charge < -0.3 is 9.88 Å². The van der Waals surface area contributed by atoms with E-state index in [2.05, 4.69) is 10.3 Å². The Morgan fingerprint density at radius 1 is 1.35 bits per heavy atom. The second kappa shape index (κ2) is 6.37. The number of carbonyl (C=O) groups is 1. The number of hydrogen-bond donors (Lipinski definition) is 1. The molecule has 0 saturated carbocycles. The van der Waals surface area contributed by atoms with E-state index < -0.39 is 0 Å². The summed E-state index contributed by atoms with van der Waals surface area (Å²) in [6, 6.07) is 7.23. The van der Waals surface area contributed by atoms with E-state index in [4.69, 9.17) is 11.6 Å². The van der Waals surface area contributed by atoms with Gasteiger partial charge in [-0.25, -0.2) is 0 Å². The maximum absolute atomic E-state index is 12.6. The topological polar surface area (TPSA) is 64.0 Å². The molecule has 0 bridgehead atoms. The standard InChI is InChI=1S/C16H16ClN3O2S/c1-3-23-16-19-15(22)13-11(9-4-6-10(17)7-5-9)8-12(21)18-14(13)20(16)2/h4-7,11H,3,8H2,1-2H3,(H,18,21)/t11-/m0/s1. The third-order valence-corrected chi connectivity index (χ3v) is 5.01. The van der Waals surface area contributed by atoms with Crippen molar-refractivity contribution in [1.82, 2.24) is 9.55 Å². The molecule has 0 saturated heterocycles. The maximum atomic E-state index is 12.6. The van der Waals surface area contributed by atoms with Crippen LogP contribution in [0.3, 0.4) is 0 Å². The van der Waals surface area contributed by atoms with Gasteiger partial charge in [0.25, 0.3) is 5.56 Å². The van der Waals surface area contributed by atoms with Crippen LogP contribution < -0.4 is 10.9 Å². The van der Waals surface area contributed by atoms with Crippen LogP contribution in [0.15, 0.2) is 34.2 Å². The molecule has 120 valence electrons. The highest BCUT2D eigenvalue weighted by atomic mass is 35.5. The number of benzene rings is 1. The SMILES string of the molecule is CCSc1nc(=O)c2c(n1C)NC(=O)C[C@H]2c1ccc(Cl)cc1. The number of thioether (sulfide) groups is 1. The Balaban J connectivity index is 2.18. The average Bonchev–Trinajstić information content (AvgIpc) is 2.52. The van der Waals surface area contributed by atoms with E-state index in [9.17, 15) is 9.59 Å². The molecule has 2 heterocycles. The number of fused-ring (bicyclic) bond motifs is 1. The van der Waals surface area contributed by atoms with Crippen molar-refractivity contribution in [2.75, 3.05) is 11.1 Å². The Morgan fingerprint density at radius 3 is 2.70 bits per heavy atom. The second-order valence-electron chi connectivity index (χ2n) is 5.31. The van der Waals surface area contributed by atoms with Crippen molar-refractivity contribution in [1.29, 1.82) is 0 Å². The molecule has 1 atom stereocenters. The first-order chi connectivity index (χ1) is 11.0. The van der Waals surface area contributed by atoms with Gasteiger partial charge in [0.1, 0.15) is 5.82 Å². The second-order valence-corrected chi connectivity index (χ2v) is 6.98. The fourth-order valence-corrected chi connectivity index (χ4v) is 3.59. The first kappa shape index (κ1) is 16.1. The van der Waals surface area contributed by atoms with E-state index in [1.54, 1.807) is 16.7 Å². The van der Waals surface area contributed by atoms with Gasteiger partial charge in [-0.1, -0.05) is 42.4 Å². The predicted octanol–water partition coefficient (Wildman–Crippen LogP) is 3.02. The third-order valence-electron chi connectivity index (χ3n) is 3.85. The summed E-state index contributed by atoms with van der Waals surface area (Å²) in [5.74, 6) is 0.930. The van der Waals surface area contributed by atoms with E-state index in [-0.39, 0.29) is 23.8 Å². The molecule has 1 amide bonds. The van der Waals surface area contributed by atoms with E-state index in [0.717, 1.165) is 11.3 Å². The van der Waals surface area contributed by atoms with Gasteiger partial charge in [-0.05, 0) is 23.4 Å². The number of nitrogens with one attached hydrogen (secondary N) is 1. The fourth-order valence-electron chi connectivity index (χ4n) is 2.77. The normalized spacial score (nSPS) is 16.8. The Bertz CT molecular complexity index is 817. The summed E-state index contributed by atoms with van der Waals surface area (Å²) < 4.78 is 1.78. The summed E-state index contributed by atoms with van der Waals surface area (Å²) in [4.78, 5) is 28.9. The molecule has 3 rings (SSSR count). The van der Waals surface area contributed by atoms with E-state index in [0.29, 0.717) is 21.6 Å². The van der Waals surface area contributed by atoms with E-state index in [1.807, 2.05) is 26.1 Å². The lowest BCUT2D eigenvalue weighted by Crippen LogP contribution is -2.33. The van der Waals surface area contributed by atoms with Gasteiger partial charge in [0.05, 0.1) is 5.56 Å². The first-order valence-electron chi connectivity index (χ1n) is 7.30. The smallest absolute Gasteiger partial charge is 0.279 e. The van der Waals surface area contributed by atoms with Gasteiger partial charge in [-0.2, -0.15) is 4.98 Å². The van der Waals surface area contributed by atoms with Crippen LogP contribution in [0.2, 0.25) is 5.02 Å². The lowest BCUT2D eigenvalue weighted by atomic mass is 9.87. The minimum atomic E-state index is -0.303. The summed E-state index contributed by atoms with van der Waals surface area (Å²) in [7, 11) is 1.81. The van der Waals surface area contributed by atoms with E-state index in [1.165, 1.54) is 11.8 Å². The fraction of sp³-hybridized carbons (Fsp3) is 0.312.